The average molecular weight is 474 g/mol. The topological polar surface area (TPSA) is 108 Å². The summed E-state index contributed by atoms with van der Waals surface area (Å²) < 4.78 is 38.6. The van der Waals surface area contributed by atoms with Crippen LogP contribution in [0.5, 0.6) is 0 Å². The first kappa shape index (κ1) is 23.3. The van der Waals surface area contributed by atoms with Crippen molar-refractivity contribution in [3.63, 3.8) is 0 Å². The summed E-state index contributed by atoms with van der Waals surface area (Å²) in [5.74, 6) is -1.71. The minimum Gasteiger partial charge on any atom is -0.325 e. The Bertz CT molecular complexity index is 1180. The van der Waals surface area contributed by atoms with Crippen LogP contribution in [0.3, 0.4) is 0 Å². The molecule has 11 heteroatoms. The molecule has 0 bridgehead atoms. The second kappa shape index (κ2) is 8.47. The van der Waals surface area contributed by atoms with Crippen LogP contribution in [0.1, 0.15) is 35.7 Å². The number of imide groups is 1. The number of benzene rings is 2. The number of amides is 5. The van der Waals surface area contributed by atoms with Crippen molar-refractivity contribution >= 4 is 35.1 Å². The molecule has 0 unspecified atom stereocenters. The summed E-state index contributed by atoms with van der Waals surface area (Å²) in [7, 11) is 0. The molecule has 0 spiro atoms. The van der Waals surface area contributed by atoms with Crippen molar-refractivity contribution in [1.29, 1.82) is 0 Å². The summed E-state index contributed by atoms with van der Waals surface area (Å²) in [4.78, 5) is 50.7. The van der Waals surface area contributed by atoms with E-state index >= 15 is 0 Å². The van der Waals surface area contributed by atoms with Gasteiger partial charge in [-0.3, -0.25) is 19.3 Å². The third-order valence-electron chi connectivity index (χ3n) is 5.85. The Morgan fingerprint density at radius 3 is 2.35 bits per heavy atom. The number of alkyl halides is 3. The summed E-state index contributed by atoms with van der Waals surface area (Å²) in [6.07, 6.45) is -2.88. The Kier molecular flexibility index (Phi) is 5.80. The summed E-state index contributed by atoms with van der Waals surface area (Å²) >= 11 is 0. The molecule has 1 aliphatic carbocycles. The molecule has 2 aromatic carbocycles. The molecule has 34 heavy (non-hydrogen) atoms. The fourth-order valence-corrected chi connectivity index (χ4v) is 3.86. The molecule has 1 saturated heterocycles. The molecule has 0 aromatic heterocycles. The highest BCUT2D eigenvalue weighted by molar-refractivity contribution is 6.10. The molecule has 2 aromatic rings. The molecule has 1 atom stereocenters. The van der Waals surface area contributed by atoms with E-state index in [1.807, 2.05) is 0 Å². The van der Waals surface area contributed by atoms with Crippen molar-refractivity contribution in [1.82, 2.24) is 10.2 Å². The maximum Gasteiger partial charge on any atom is 0.416 e. The van der Waals surface area contributed by atoms with Crippen molar-refractivity contribution < 1.29 is 32.3 Å². The first-order valence-corrected chi connectivity index (χ1v) is 10.5. The van der Waals surface area contributed by atoms with Gasteiger partial charge in [-0.1, -0.05) is 12.1 Å². The lowest BCUT2D eigenvalue weighted by atomic mass is 9.96. The van der Waals surface area contributed by atoms with Crippen LogP contribution < -0.4 is 16.0 Å². The van der Waals surface area contributed by atoms with Gasteiger partial charge in [-0.15, -0.1) is 0 Å². The Morgan fingerprint density at radius 2 is 1.71 bits per heavy atom. The van der Waals surface area contributed by atoms with E-state index < -0.39 is 47.6 Å². The molecular formula is C23H21F3N4O4. The summed E-state index contributed by atoms with van der Waals surface area (Å²) in [6.45, 7) is 1.16. The highest BCUT2D eigenvalue weighted by atomic mass is 19.4. The molecule has 3 N–H and O–H groups in total. The zero-order chi connectivity index (χ0) is 24.7. The summed E-state index contributed by atoms with van der Waals surface area (Å²) in [5, 5.41) is 7.57. The standard InChI is InChI=1S/C23H21F3N4O4/c1-22(14-8-9-14)20(33)30(21(34)29-22)12-18(31)27-16-6-2-4-13(10-16)19(32)28-17-7-3-5-15(11-17)23(24,25)26/h2-7,10-11,14H,8-9,12H2,1H3,(H,27,31)(H,28,32)(H,29,34)/t22-/m0/s1. The predicted octanol–water partition coefficient (Wildman–Crippen LogP) is 3.62. The van der Waals surface area contributed by atoms with E-state index in [0.29, 0.717) is 0 Å². The van der Waals surface area contributed by atoms with Gasteiger partial charge in [-0.05, 0) is 62.1 Å². The van der Waals surface area contributed by atoms with Crippen LogP contribution in [0.25, 0.3) is 0 Å². The third kappa shape index (κ3) is 4.73. The first-order chi connectivity index (χ1) is 16.0. The third-order valence-corrected chi connectivity index (χ3v) is 5.85. The van der Waals surface area contributed by atoms with Crippen LogP contribution in [0.2, 0.25) is 0 Å². The number of rotatable bonds is 6. The highest BCUT2D eigenvalue weighted by Crippen LogP contribution is 2.42. The van der Waals surface area contributed by atoms with E-state index in [-0.39, 0.29) is 22.9 Å². The van der Waals surface area contributed by atoms with E-state index in [0.717, 1.165) is 29.9 Å². The van der Waals surface area contributed by atoms with Gasteiger partial charge in [0.15, 0.2) is 0 Å². The van der Waals surface area contributed by atoms with Crippen LogP contribution in [0.15, 0.2) is 48.5 Å². The number of halogens is 3. The number of urea groups is 1. The fraction of sp³-hybridized carbons (Fsp3) is 0.304. The quantitative estimate of drug-likeness (QED) is 0.556. The lowest BCUT2D eigenvalue weighted by molar-refractivity contribution is -0.137. The van der Waals surface area contributed by atoms with Gasteiger partial charge < -0.3 is 16.0 Å². The molecule has 8 nitrogen and oxygen atoms in total. The Morgan fingerprint density at radius 1 is 1.06 bits per heavy atom. The van der Waals surface area contributed by atoms with E-state index in [1.165, 1.54) is 36.4 Å². The second-order valence-corrected chi connectivity index (χ2v) is 8.46. The molecule has 1 aliphatic heterocycles. The van der Waals surface area contributed by atoms with E-state index in [4.69, 9.17) is 0 Å². The predicted molar refractivity (Wildman–Crippen MR) is 116 cm³/mol. The smallest absolute Gasteiger partial charge is 0.325 e. The van der Waals surface area contributed by atoms with Crippen molar-refractivity contribution in [2.24, 2.45) is 5.92 Å². The highest BCUT2D eigenvalue weighted by Gasteiger charge is 2.56. The molecule has 4 rings (SSSR count). The van der Waals surface area contributed by atoms with Gasteiger partial charge in [-0.25, -0.2) is 4.79 Å². The number of carbonyl (C=O) groups is 4. The Balaban J connectivity index is 1.40. The number of carbonyl (C=O) groups excluding carboxylic acids is 4. The minimum absolute atomic E-state index is 0.0356. The average Bonchev–Trinajstić information content (AvgIpc) is 3.60. The maximum absolute atomic E-state index is 12.9. The van der Waals surface area contributed by atoms with Gasteiger partial charge in [0.1, 0.15) is 12.1 Å². The Hall–Kier alpha value is -3.89. The van der Waals surface area contributed by atoms with Crippen LogP contribution >= 0.6 is 0 Å². The van der Waals surface area contributed by atoms with Crippen molar-refractivity contribution in [3.05, 3.63) is 59.7 Å². The monoisotopic (exact) mass is 474 g/mol. The van der Waals surface area contributed by atoms with E-state index in [2.05, 4.69) is 16.0 Å². The normalized spacial score (nSPS) is 20.2. The van der Waals surface area contributed by atoms with Gasteiger partial charge in [-0.2, -0.15) is 13.2 Å². The van der Waals surface area contributed by atoms with Crippen LogP contribution in [-0.4, -0.2) is 40.7 Å². The lowest BCUT2D eigenvalue weighted by Gasteiger charge is -2.20. The summed E-state index contributed by atoms with van der Waals surface area (Å²) in [5.41, 5.74) is -1.62. The molecule has 1 heterocycles. The van der Waals surface area contributed by atoms with Gasteiger partial charge in [0.05, 0.1) is 5.56 Å². The maximum atomic E-state index is 12.9. The fourth-order valence-electron chi connectivity index (χ4n) is 3.86. The van der Waals surface area contributed by atoms with Gasteiger partial charge >= 0.3 is 12.2 Å². The molecule has 178 valence electrons. The molecule has 2 fully saturated rings. The molecule has 0 radical (unpaired) electrons. The van der Waals surface area contributed by atoms with Gasteiger partial charge in [0.2, 0.25) is 5.91 Å². The number of hydrogen-bond donors (Lipinski definition) is 3. The summed E-state index contributed by atoms with van der Waals surface area (Å²) in [6, 6.07) is 9.32. The van der Waals surface area contributed by atoms with E-state index in [9.17, 15) is 32.3 Å². The van der Waals surface area contributed by atoms with Crippen LogP contribution in [0.4, 0.5) is 29.3 Å². The van der Waals surface area contributed by atoms with Crippen molar-refractivity contribution in [2.75, 3.05) is 17.2 Å². The molecule has 5 amide bonds. The van der Waals surface area contributed by atoms with Crippen LogP contribution in [-0.2, 0) is 15.8 Å². The SMILES string of the molecule is C[C@@]1(C2CC2)NC(=O)N(CC(=O)Nc2cccc(C(=O)Nc3cccc(C(F)(F)F)c3)c2)C1=O. The minimum atomic E-state index is -4.55. The van der Waals surface area contributed by atoms with Gasteiger partial charge in [0, 0.05) is 16.9 Å². The van der Waals surface area contributed by atoms with Crippen molar-refractivity contribution in [3.8, 4) is 0 Å². The first-order valence-electron chi connectivity index (χ1n) is 10.5. The second-order valence-electron chi connectivity index (χ2n) is 8.46. The van der Waals surface area contributed by atoms with Crippen molar-refractivity contribution in [2.45, 2.75) is 31.5 Å². The largest absolute Gasteiger partial charge is 0.416 e. The molecule has 1 saturated carbocycles. The number of hydrogen-bond acceptors (Lipinski definition) is 4. The number of nitrogens with one attached hydrogen (secondary N) is 3. The Labute approximate surface area is 192 Å². The van der Waals surface area contributed by atoms with E-state index in [1.54, 1.807) is 6.92 Å². The van der Waals surface area contributed by atoms with Crippen LogP contribution in [0, 0.1) is 5.92 Å². The molecular weight excluding hydrogens is 453 g/mol. The zero-order valence-corrected chi connectivity index (χ0v) is 18.0. The number of nitrogens with zero attached hydrogens (tertiary/aromatic N) is 1. The zero-order valence-electron chi connectivity index (χ0n) is 18.0. The number of anilines is 2. The van der Waals surface area contributed by atoms with Gasteiger partial charge in [0.25, 0.3) is 11.8 Å². The lowest BCUT2D eigenvalue weighted by Crippen LogP contribution is -2.46. The molecule has 2 aliphatic rings.